The summed E-state index contributed by atoms with van der Waals surface area (Å²) in [6, 6.07) is 0. The number of hydrogen-bond donors (Lipinski definition) is 3. The van der Waals surface area contributed by atoms with E-state index in [1.807, 2.05) is 0 Å². The minimum atomic E-state index is -0.999. The minimum Gasteiger partial charge on any atom is -0.447 e. The van der Waals surface area contributed by atoms with Gasteiger partial charge in [-0.15, -0.1) is 0 Å². The maximum absolute atomic E-state index is 11.3. The van der Waals surface area contributed by atoms with Crippen molar-refractivity contribution in [3.05, 3.63) is 12.2 Å². The highest BCUT2D eigenvalue weighted by atomic mass is 16.6. The molecule has 0 aliphatic carbocycles. The second-order valence-electron chi connectivity index (χ2n) is 7.30. The number of carbonyl (C=O) groups is 1. The maximum atomic E-state index is 11.3. The predicted molar refractivity (Wildman–Crippen MR) is 112 cm³/mol. The van der Waals surface area contributed by atoms with Gasteiger partial charge in [0.05, 0.1) is 6.61 Å². The zero-order valence-electron chi connectivity index (χ0n) is 17.5. The number of alkyl carbamates (subject to hydrolysis) is 1. The maximum Gasteiger partial charge on any atom is 0.407 e. The Labute approximate surface area is 166 Å². The van der Waals surface area contributed by atoms with Crippen molar-refractivity contribution in [2.24, 2.45) is 0 Å². The molecule has 27 heavy (non-hydrogen) atoms. The molecule has 0 radical (unpaired) electrons. The molecule has 3 N–H and O–H groups in total. The van der Waals surface area contributed by atoms with Gasteiger partial charge in [-0.25, -0.2) is 4.79 Å². The second-order valence-corrected chi connectivity index (χ2v) is 7.30. The van der Waals surface area contributed by atoms with Crippen LogP contribution in [0.25, 0.3) is 0 Å². The highest BCUT2D eigenvalue weighted by molar-refractivity contribution is 5.67. The molecule has 1 amide bonds. The summed E-state index contributed by atoms with van der Waals surface area (Å²) < 4.78 is 4.76. The van der Waals surface area contributed by atoms with Gasteiger partial charge in [-0.1, -0.05) is 76.9 Å². The van der Waals surface area contributed by atoms with Crippen molar-refractivity contribution in [1.82, 2.24) is 5.32 Å². The van der Waals surface area contributed by atoms with Gasteiger partial charge in [-0.3, -0.25) is 0 Å². The Bertz CT molecular complexity index is 347. The van der Waals surface area contributed by atoms with Crippen LogP contribution in [0.5, 0.6) is 0 Å². The number of carbonyl (C=O) groups excluding carboxylic acids is 1. The van der Waals surface area contributed by atoms with Crippen LogP contribution in [0.1, 0.15) is 96.8 Å². The number of rotatable bonds is 19. The SMILES string of the molecule is CCCCCCCCC=CCCCCCCCCNC(=O)OCC(O)CO. The number of amides is 1. The van der Waals surface area contributed by atoms with Crippen LogP contribution in [0.3, 0.4) is 0 Å². The lowest BCUT2D eigenvalue weighted by Gasteiger charge is -2.09. The molecule has 5 nitrogen and oxygen atoms in total. The largest absolute Gasteiger partial charge is 0.447 e. The van der Waals surface area contributed by atoms with E-state index in [1.54, 1.807) is 0 Å². The zero-order chi connectivity index (χ0) is 20.0. The van der Waals surface area contributed by atoms with Gasteiger partial charge >= 0.3 is 6.09 Å². The van der Waals surface area contributed by atoms with E-state index in [0.717, 1.165) is 12.8 Å². The average Bonchev–Trinajstić information content (AvgIpc) is 2.68. The van der Waals surface area contributed by atoms with Gasteiger partial charge in [0.25, 0.3) is 0 Å². The summed E-state index contributed by atoms with van der Waals surface area (Å²) in [6.45, 7) is 2.28. The molecule has 0 aliphatic heterocycles. The normalized spacial score (nSPS) is 12.4. The Hall–Kier alpha value is -1.07. The Morgan fingerprint density at radius 3 is 1.96 bits per heavy atom. The summed E-state index contributed by atoms with van der Waals surface area (Å²) >= 11 is 0. The molecule has 0 aromatic rings. The number of aliphatic hydroxyl groups is 2. The first-order valence-corrected chi connectivity index (χ1v) is 11.0. The molecular formula is C22H43NO4. The number of unbranched alkanes of at least 4 members (excludes halogenated alkanes) is 12. The molecule has 5 heteroatoms. The lowest BCUT2D eigenvalue weighted by molar-refractivity contribution is 0.0322. The lowest BCUT2D eigenvalue weighted by Crippen LogP contribution is -2.29. The Kier molecular flexibility index (Phi) is 20.4. The molecule has 0 aromatic carbocycles. The fourth-order valence-corrected chi connectivity index (χ4v) is 2.84. The molecule has 1 atom stereocenters. The van der Waals surface area contributed by atoms with Crippen molar-refractivity contribution >= 4 is 6.09 Å². The third-order valence-corrected chi connectivity index (χ3v) is 4.58. The average molecular weight is 386 g/mol. The van der Waals surface area contributed by atoms with E-state index in [4.69, 9.17) is 14.9 Å². The van der Waals surface area contributed by atoms with Crippen LogP contribution >= 0.6 is 0 Å². The van der Waals surface area contributed by atoms with Gasteiger partial charge in [0.15, 0.2) is 0 Å². The van der Waals surface area contributed by atoms with Crippen LogP contribution in [-0.2, 0) is 4.74 Å². The van der Waals surface area contributed by atoms with E-state index in [0.29, 0.717) is 6.54 Å². The van der Waals surface area contributed by atoms with E-state index < -0.39 is 18.8 Å². The van der Waals surface area contributed by atoms with Crippen LogP contribution < -0.4 is 5.32 Å². The van der Waals surface area contributed by atoms with Gasteiger partial charge in [0.1, 0.15) is 12.7 Å². The number of nitrogens with one attached hydrogen (secondary N) is 1. The minimum absolute atomic E-state index is 0.171. The van der Waals surface area contributed by atoms with Crippen molar-refractivity contribution in [2.45, 2.75) is 103 Å². The Morgan fingerprint density at radius 1 is 0.889 bits per heavy atom. The standard InChI is InChI=1S/C22H43NO4/c1-2-3-4-5-6-7-8-9-10-11-12-13-14-15-16-17-18-23-22(26)27-20-21(25)19-24/h9-10,21,24-25H,2-8,11-20H2,1H3,(H,23,26). The molecule has 1 unspecified atom stereocenters. The van der Waals surface area contributed by atoms with Gasteiger partial charge in [0, 0.05) is 6.54 Å². The lowest BCUT2D eigenvalue weighted by atomic mass is 10.1. The highest BCUT2D eigenvalue weighted by Gasteiger charge is 2.06. The Morgan fingerprint density at radius 2 is 1.41 bits per heavy atom. The van der Waals surface area contributed by atoms with Crippen molar-refractivity contribution in [3.63, 3.8) is 0 Å². The molecule has 0 spiro atoms. The number of hydrogen-bond acceptors (Lipinski definition) is 4. The number of allylic oxidation sites excluding steroid dienone is 2. The van der Waals surface area contributed by atoms with Crippen LogP contribution in [0, 0.1) is 0 Å². The molecule has 0 heterocycles. The van der Waals surface area contributed by atoms with Gasteiger partial charge in [-0.05, 0) is 32.1 Å². The van der Waals surface area contributed by atoms with Crippen LogP contribution in [-0.4, -0.2) is 42.2 Å². The predicted octanol–water partition coefficient (Wildman–Crippen LogP) is 5.10. The molecule has 0 fully saturated rings. The number of ether oxygens (including phenoxy) is 1. The highest BCUT2D eigenvalue weighted by Crippen LogP contribution is 2.09. The van der Waals surface area contributed by atoms with Gasteiger partial charge in [-0.2, -0.15) is 0 Å². The third kappa shape index (κ3) is 21.1. The molecule has 0 aliphatic rings. The first-order valence-electron chi connectivity index (χ1n) is 11.0. The molecule has 0 rings (SSSR count). The smallest absolute Gasteiger partial charge is 0.407 e. The molecule has 0 aromatic heterocycles. The van der Waals surface area contributed by atoms with E-state index in [2.05, 4.69) is 24.4 Å². The summed E-state index contributed by atoms with van der Waals surface area (Å²) in [5, 5.41) is 20.3. The summed E-state index contributed by atoms with van der Waals surface area (Å²) in [5.41, 5.74) is 0. The van der Waals surface area contributed by atoms with Gasteiger partial charge in [0.2, 0.25) is 0 Å². The van der Waals surface area contributed by atoms with Crippen molar-refractivity contribution in [3.8, 4) is 0 Å². The van der Waals surface area contributed by atoms with E-state index in [-0.39, 0.29) is 6.61 Å². The van der Waals surface area contributed by atoms with E-state index in [9.17, 15) is 4.79 Å². The molecule has 160 valence electrons. The number of aliphatic hydroxyl groups excluding tert-OH is 2. The molecule has 0 saturated heterocycles. The molecular weight excluding hydrogens is 342 g/mol. The van der Waals surface area contributed by atoms with Crippen molar-refractivity contribution in [1.29, 1.82) is 0 Å². The zero-order valence-corrected chi connectivity index (χ0v) is 17.5. The molecule has 0 bridgehead atoms. The molecule has 0 saturated carbocycles. The third-order valence-electron chi connectivity index (χ3n) is 4.58. The first kappa shape index (κ1) is 25.9. The monoisotopic (exact) mass is 385 g/mol. The van der Waals surface area contributed by atoms with Crippen LogP contribution in [0.2, 0.25) is 0 Å². The summed E-state index contributed by atoms with van der Waals surface area (Å²) in [5.74, 6) is 0. The Balaban J connectivity index is 3.20. The summed E-state index contributed by atoms with van der Waals surface area (Å²) in [4.78, 5) is 11.3. The van der Waals surface area contributed by atoms with Crippen LogP contribution in [0.15, 0.2) is 12.2 Å². The fraction of sp³-hybridized carbons (Fsp3) is 0.864. The van der Waals surface area contributed by atoms with Crippen LogP contribution in [0.4, 0.5) is 4.79 Å². The van der Waals surface area contributed by atoms with Crippen molar-refractivity contribution in [2.75, 3.05) is 19.8 Å². The van der Waals surface area contributed by atoms with E-state index >= 15 is 0 Å². The quantitative estimate of drug-likeness (QED) is 0.213. The van der Waals surface area contributed by atoms with E-state index in [1.165, 1.54) is 77.0 Å². The second kappa shape index (κ2) is 21.2. The topological polar surface area (TPSA) is 78.8 Å². The fourth-order valence-electron chi connectivity index (χ4n) is 2.84. The van der Waals surface area contributed by atoms with Crippen molar-refractivity contribution < 1.29 is 19.7 Å². The first-order chi connectivity index (χ1) is 13.2. The summed E-state index contributed by atoms with van der Waals surface area (Å²) in [7, 11) is 0. The summed E-state index contributed by atoms with van der Waals surface area (Å²) in [6.07, 6.45) is 20.8. The van der Waals surface area contributed by atoms with Gasteiger partial charge < -0.3 is 20.3 Å².